The van der Waals surface area contributed by atoms with Crippen molar-refractivity contribution in [3.8, 4) is 11.9 Å². The van der Waals surface area contributed by atoms with E-state index in [9.17, 15) is 17.9 Å². The summed E-state index contributed by atoms with van der Waals surface area (Å²) < 4.78 is 28.9. The van der Waals surface area contributed by atoms with Gasteiger partial charge >= 0.3 is 0 Å². The summed E-state index contributed by atoms with van der Waals surface area (Å²) in [5.41, 5.74) is 0.817. The average Bonchev–Trinajstić information content (AvgIpc) is 3.49. The maximum Gasteiger partial charge on any atom is 0.257 e. The highest BCUT2D eigenvalue weighted by Crippen LogP contribution is 2.30. The summed E-state index contributed by atoms with van der Waals surface area (Å²) in [6.45, 7) is 2.67. The molecule has 198 valence electrons. The normalized spacial score (nSPS) is 14.6. The summed E-state index contributed by atoms with van der Waals surface area (Å²) >= 11 is 12.0. The van der Waals surface area contributed by atoms with E-state index in [2.05, 4.69) is 26.5 Å². The first-order chi connectivity index (χ1) is 18.2. The molecule has 4 heterocycles. The van der Waals surface area contributed by atoms with E-state index >= 15 is 0 Å². The lowest BCUT2D eigenvalue weighted by molar-refractivity contribution is -0.119. The molecule has 1 atom stereocenters. The topological polar surface area (TPSA) is 122 Å². The summed E-state index contributed by atoms with van der Waals surface area (Å²) in [5, 5.41) is 16.3. The van der Waals surface area contributed by atoms with Gasteiger partial charge in [0.15, 0.2) is 30.1 Å². The van der Waals surface area contributed by atoms with Crippen LogP contribution >= 0.6 is 35.5 Å². The number of benzene rings is 1. The molecule has 4 aromatic rings. The van der Waals surface area contributed by atoms with Crippen LogP contribution < -0.4 is 5.32 Å². The summed E-state index contributed by atoms with van der Waals surface area (Å²) in [6.07, 6.45) is 5.11. The van der Waals surface area contributed by atoms with E-state index in [1.165, 1.54) is 24.0 Å². The van der Waals surface area contributed by atoms with Crippen LogP contribution in [0, 0.1) is 17.2 Å². The van der Waals surface area contributed by atoms with Gasteiger partial charge in [0.1, 0.15) is 5.52 Å². The number of piperidine rings is 1. The Balaban J connectivity index is 0.000000283. The van der Waals surface area contributed by atoms with Crippen LogP contribution in [0.1, 0.15) is 30.1 Å². The van der Waals surface area contributed by atoms with Crippen LogP contribution in [0.4, 0.5) is 8.28 Å². The van der Waals surface area contributed by atoms with Crippen molar-refractivity contribution in [3.63, 3.8) is 0 Å². The number of amides is 2. The first-order valence-corrected chi connectivity index (χ1v) is 12.7. The van der Waals surface area contributed by atoms with Crippen LogP contribution in [-0.2, 0) is 4.79 Å². The van der Waals surface area contributed by atoms with E-state index < -0.39 is 12.2 Å². The molecule has 2 amide bonds. The molecule has 0 saturated carbocycles. The average molecular weight is 581 g/mol. The number of nitriles is 1. The molecular formula is C23H20Cl2F2N8O2S. The number of nitrogens with one attached hydrogen (secondary N) is 1. The fourth-order valence-corrected chi connectivity index (χ4v) is 4.55. The largest absolute Gasteiger partial charge is 0.345 e. The second-order valence-electron chi connectivity index (χ2n) is 8.35. The molecule has 5 rings (SSSR count). The van der Waals surface area contributed by atoms with Crippen molar-refractivity contribution >= 4 is 69.9 Å². The number of alkyl halides is 1. The number of nitrogens with zero attached hydrogens (tertiary/aromatic N) is 7. The molecule has 1 N–H and O–H groups in total. The quantitative estimate of drug-likeness (QED) is 0.263. The van der Waals surface area contributed by atoms with Gasteiger partial charge in [-0.05, 0) is 31.9 Å². The van der Waals surface area contributed by atoms with Crippen LogP contribution in [0.2, 0.25) is 10.0 Å². The number of aromatic nitrogens is 5. The molecule has 1 fully saturated rings. The Labute approximate surface area is 229 Å². The summed E-state index contributed by atoms with van der Waals surface area (Å²) in [4.78, 5) is 32.8. The Bertz CT molecular complexity index is 1530. The van der Waals surface area contributed by atoms with Crippen molar-refractivity contribution in [1.29, 1.82) is 5.26 Å². The molecule has 10 nitrogen and oxygen atoms in total. The van der Waals surface area contributed by atoms with Crippen molar-refractivity contribution < 1.29 is 17.9 Å². The van der Waals surface area contributed by atoms with E-state index in [1.807, 2.05) is 0 Å². The van der Waals surface area contributed by atoms with E-state index in [1.54, 1.807) is 23.2 Å². The van der Waals surface area contributed by atoms with E-state index in [0.717, 1.165) is 41.7 Å². The SMILES string of the molecule is C[C@@H](F)NC(=O)c1cn(SF)c2ncc(-n3ncc4cc(Cl)c(Cl)cc43)nc12.N#CC1CCN(C=O)CC1. The molecule has 15 heteroatoms. The number of hydrogen-bond acceptors (Lipinski definition) is 7. The molecule has 1 aromatic carbocycles. The zero-order valence-electron chi connectivity index (χ0n) is 19.8. The molecule has 1 aliphatic heterocycles. The zero-order valence-corrected chi connectivity index (χ0v) is 22.1. The predicted octanol–water partition coefficient (Wildman–Crippen LogP) is 4.88. The molecule has 0 unspecified atom stereocenters. The lowest BCUT2D eigenvalue weighted by Crippen LogP contribution is -2.31. The Morgan fingerprint density at radius 3 is 2.63 bits per heavy atom. The number of halogens is 4. The molecule has 1 saturated heterocycles. The number of carbonyl (C=O) groups excluding carboxylic acids is 2. The van der Waals surface area contributed by atoms with Gasteiger partial charge in [-0.15, -0.1) is 3.89 Å². The minimum absolute atomic E-state index is 0.0171. The summed E-state index contributed by atoms with van der Waals surface area (Å²) in [5.74, 6) is -0.291. The van der Waals surface area contributed by atoms with Gasteiger partial charge in [-0.2, -0.15) is 10.4 Å². The fourth-order valence-electron chi connectivity index (χ4n) is 3.87. The highest BCUT2D eigenvalue weighted by Gasteiger charge is 2.21. The Morgan fingerprint density at radius 1 is 1.29 bits per heavy atom. The highest BCUT2D eigenvalue weighted by atomic mass is 35.5. The van der Waals surface area contributed by atoms with Crippen molar-refractivity contribution in [1.82, 2.24) is 33.9 Å². The number of likely N-dealkylation sites (tertiary alicyclic amines) is 1. The van der Waals surface area contributed by atoms with Crippen LogP contribution in [0.5, 0.6) is 0 Å². The maximum absolute atomic E-state index is 13.2. The number of fused-ring (bicyclic) bond motifs is 2. The van der Waals surface area contributed by atoms with Crippen molar-refractivity contribution in [2.24, 2.45) is 5.92 Å². The Kier molecular flexibility index (Phi) is 8.65. The summed E-state index contributed by atoms with van der Waals surface area (Å²) in [7, 11) is 0. The number of carbonyl (C=O) groups is 2. The van der Waals surface area contributed by atoms with Gasteiger partial charge in [0.05, 0.1) is 39.6 Å². The fraction of sp³-hybridized carbons (Fsp3) is 0.304. The van der Waals surface area contributed by atoms with Gasteiger partial charge in [-0.1, -0.05) is 23.2 Å². The summed E-state index contributed by atoms with van der Waals surface area (Å²) in [6, 6.07) is 5.49. The number of rotatable bonds is 5. The lowest BCUT2D eigenvalue weighted by atomic mass is 9.99. The Hall–Kier alpha value is -3.47. The first-order valence-electron chi connectivity index (χ1n) is 11.3. The molecule has 3 aromatic heterocycles. The third-order valence-electron chi connectivity index (χ3n) is 5.79. The van der Waals surface area contributed by atoms with Crippen LogP contribution in [-0.4, -0.2) is 60.3 Å². The van der Waals surface area contributed by atoms with Crippen LogP contribution in [0.3, 0.4) is 0 Å². The molecule has 0 bridgehead atoms. The van der Waals surface area contributed by atoms with Gasteiger partial charge in [-0.25, -0.2) is 23.0 Å². The van der Waals surface area contributed by atoms with Crippen LogP contribution in [0.15, 0.2) is 30.7 Å². The van der Waals surface area contributed by atoms with E-state index in [4.69, 9.17) is 28.5 Å². The first kappa shape index (κ1) is 27.6. The highest BCUT2D eigenvalue weighted by molar-refractivity contribution is 7.92. The second-order valence-corrected chi connectivity index (χ2v) is 9.70. The van der Waals surface area contributed by atoms with E-state index in [0.29, 0.717) is 15.6 Å². The maximum atomic E-state index is 13.2. The van der Waals surface area contributed by atoms with Gasteiger partial charge in [0.2, 0.25) is 6.41 Å². The standard InChI is InChI=1S/C16H10Cl2F2N6OS.C7H10N2O/c1-7(19)23-16(27)9-6-25(28-20)15-14(9)24-13(5-21-15)26-12-3-11(18)10(17)2-8(12)4-22-26;8-5-7-1-3-9(6-10)4-2-7/h2-7H,1H3,(H,23,27);6-7H,1-4H2/t7-;/m0./s1. The van der Waals surface area contributed by atoms with Gasteiger partial charge in [0, 0.05) is 30.6 Å². The van der Waals surface area contributed by atoms with Crippen molar-refractivity contribution in [2.75, 3.05) is 13.1 Å². The molecular weight excluding hydrogens is 561 g/mol. The minimum Gasteiger partial charge on any atom is -0.345 e. The molecule has 0 spiro atoms. The van der Waals surface area contributed by atoms with Gasteiger partial charge < -0.3 is 10.2 Å². The molecule has 38 heavy (non-hydrogen) atoms. The van der Waals surface area contributed by atoms with Crippen LogP contribution in [0.25, 0.3) is 27.9 Å². The molecule has 0 aliphatic carbocycles. The second kappa shape index (κ2) is 11.9. The predicted molar refractivity (Wildman–Crippen MR) is 140 cm³/mol. The molecule has 1 aliphatic rings. The molecule has 0 radical (unpaired) electrons. The number of hydrogen-bond donors (Lipinski definition) is 1. The Morgan fingerprint density at radius 2 is 2.00 bits per heavy atom. The monoisotopic (exact) mass is 580 g/mol. The van der Waals surface area contributed by atoms with Gasteiger partial charge in [0.25, 0.3) is 5.91 Å². The third kappa shape index (κ3) is 5.82. The van der Waals surface area contributed by atoms with Crippen molar-refractivity contribution in [3.05, 3.63) is 46.3 Å². The zero-order chi connectivity index (χ0) is 27.4. The third-order valence-corrected chi connectivity index (χ3v) is 6.94. The van der Waals surface area contributed by atoms with Crippen molar-refractivity contribution in [2.45, 2.75) is 26.1 Å². The van der Waals surface area contributed by atoms with E-state index in [-0.39, 0.29) is 40.8 Å². The lowest BCUT2D eigenvalue weighted by Gasteiger charge is -2.24. The smallest absolute Gasteiger partial charge is 0.257 e. The van der Waals surface area contributed by atoms with Gasteiger partial charge in [-0.3, -0.25) is 9.59 Å². The minimum atomic E-state index is -1.58.